The maximum absolute atomic E-state index is 12.4. The summed E-state index contributed by atoms with van der Waals surface area (Å²) < 4.78 is 0.885. The number of carbonyl (C=O) groups excluding carboxylic acids is 1. The summed E-state index contributed by atoms with van der Waals surface area (Å²) in [5.41, 5.74) is 0.772. The molecule has 0 bridgehead atoms. The van der Waals surface area contributed by atoms with E-state index in [2.05, 4.69) is 29.8 Å². The molecule has 2 atom stereocenters. The number of rotatable bonds is 1. The van der Waals surface area contributed by atoms with E-state index in [1.165, 1.54) is 0 Å². The Balaban J connectivity index is 2.14. The Bertz CT molecular complexity index is 418. The van der Waals surface area contributed by atoms with Gasteiger partial charge < -0.3 is 4.90 Å². The van der Waals surface area contributed by atoms with Crippen LogP contribution >= 0.6 is 15.9 Å². The molecule has 1 aliphatic heterocycles. The fourth-order valence-corrected chi connectivity index (χ4v) is 2.71. The summed E-state index contributed by atoms with van der Waals surface area (Å²) in [6.45, 7) is 6.25. The van der Waals surface area contributed by atoms with E-state index in [1.807, 2.05) is 29.2 Å². The monoisotopic (exact) mass is 295 g/mol. The Morgan fingerprint density at radius 3 is 2.65 bits per heavy atom. The second-order valence-electron chi connectivity index (χ2n) is 4.97. The van der Waals surface area contributed by atoms with Crippen molar-refractivity contribution < 1.29 is 4.79 Å². The van der Waals surface area contributed by atoms with Crippen LogP contribution in [-0.4, -0.2) is 23.9 Å². The highest BCUT2D eigenvalue weighted by Gasteiger charge is 2.27. The van der Waals surface area contributed by atoms with Gasteiger partial charge in [0.05, 0.1) is 5.56 Å². The van der Waals surface area contributed by atoms with Crippen LogP contribution < -0.4 is 0 Å². The Morgan fingerprint density at radius 1 is 1.29 bits per heavy atom. The van der Waals surface area contributed by atoms with Gasteiger partial charge in [-0.15, -0.1) is 0 Å². The minimum absolute atomic E-state index is 0.149. The molecule has 1 amide bonds. The summed E-state index contributed by atoms with van der Waals surface area (Å²) in [5.74, 6) is 1.46. The van der Waals surface area contributed by atoms with Crippen LogP contribution in [0, 0.1) is 11.8 Å². The number of hydrogen-bond acceptors (Lipinski definition) is 1. The molecule has 92 valence electrons. The van der Waals surface area contributed by atoms with E-state index in [9.17, 15) is 4.79 Å². The van der Waals surface area contributed by atoms with Crippen molar-refractivity contribution in [2.75, 3.05) is 13.1 Å². The number of amides is 1. The van der Waals surface area contributed by atoms with E-state index in [0.717, 1.165) is 35.5 Å². The molecule has 1 aromatic carbocycles. The third kappa shape index (κ3) is 2.71. The lowest BCUT2D eigenvalue weighted by molar-refractivity contribution is 0.0626. The summed E-state index contributed by atoms with van der Waals surface area (Å²) in [6, 6.07) is 7.65. The predicted molar refractivity (Wildman–Crippen MR) is 73.0 cm³/mol. The molecule has 2 rings (SSSR count). The molecule has 17 heavy (non-hydrogen) atoms. The number of likely N-dealkylation sites (tertiary alicyclic amines) is 1. The quantitative estimate of drug-likeness (QED) is 0.776. The largest absolute Gasteiger partial charge is 0.338 e. The van der Waals surface area contributed by atoms with Crippen molar-refractivity contribution in [1.82, 2.24) is 4.90 Å². The molecule has 0 saturated carbocycles. The van der Waals surface area contributed by atoms with Crippen LogP contribution in [0.3, 0.4) is 0 Å². The highest BCUT2D eigenvalue weighted by molar-refractivity contribution is 9.10. The van der Waals surface area contributed by atoms with Crippen LogP contribution in [0.2, 0.25) is 0 Å². The smallest absolute Gasteiger partial charge is 0.255 e. The van der Waals surface area contributed by atoms with Gasteiger partial charge in [-0.2, -0.15) is 0 Å². The van der Waals surface area contributed by atoms with Gasteiger partial charge in [-0.3, -0.25) is 4.79 Å². The summed E-state index contributed by atoms with van der Waals surface area (Å²) >= 11 is 3.44. The number of hydrogen-bond donors (Lipinski definition) is 0. The Hall–Kier alpha value is -0.830. The topological polar surface area (TPSA) is 20.3 Å². The van der Waals surface area contributed by atoms with Crippen molar-refractivity contribution in [1.29, 1.82) is 0 Å². The van der Waals surface area contributed by atoms with Gasteiger partial charge in [0.2, 0.25) is 0 Å². The molecule has 1 saturated heterocycles. The van der Waals surface area contributed by atoms with Crippen LogP contribution in [0.1, 0.15) is 30.6 Å². The van der Waals surface area contributed by atoms with Crippen molar-refractivity contribution >= 4 is 21.8 Å². The average Bonchev–Trinajstić information content (AvgIpc) is 2.32. The number of nitrogens with zero attached hydrogens (tertiary/aromatic N) is 1. The summed E-state index contributed by atoms with van der Waals surface area (Å²) in [4.78, 5) is 14.3. The third-order valence-corrected chi connectivity index (χ3v) is 4.42. The molecular formula is C14H18BrNO. The molecule has 1 aromatic rings. The molecule has 0 spiro atoms. The van der Waals surface area contributed by atoms with Gasteiger partial charge in [0.1, 0.15) is 0 Å². The molecule has 0 N–H and O–H groups in total. The first-order valence-corrected chi connectivity index (χ1v) is 6.92. The van der Waals surface area contributed by atoms with Crippen molar-refractivity contribution in [3.63, 3.8) is 0 Å². The van der Waals surface area contributed by atoms with Crippen LogP contribution in [0.25, 0.3) is 0 Å². The second kappa shape index (κ2) is 5.21. The zero-order chi connectivity index (χ0) is 12.4. The van der Waals surface area contributed by atoms with Crippen LogP contribution in [0.4, 0.5) is 0 Å². The minimum Gasteiger partial charge on any atom is -0.338 e. The van der Waals surface area contributed by atoms with Gasteiger partial charge in [0.25, 0.3) is 5.91 Å². The number of carbonyl (C=O) groups is 1. The maximum Gasteiger partial charge on any atom is 0.255 e. The average molecular weight is 296 g/mol. The summed E-state index contributed by atoms with van der Waals surface area (Å²) in [6.07, 6.45) is 1.11. The molecule has 3 heteroatoms. The molecule has 2 unspecified atom stereocenters. The van der Waals surface area contributed by atoms with Crippen LogP contribution in [0.5, 0.6) is 0 Å². The molecule has 0 aromatic heterocycles. The van der Waals surface area contributed by atoms with E-state index < -0.39 is 0 Å². The first kappa shape index (κ1) is 12.6. The van der Waals surface area contributed by atoms with Crippen molar-refractivity contribution in [2.24, 2.45) is 11.8 Å². The van der Waals surface area contributed by atoms with Crippen LogP contribution in [0.15, 0.2) is 28.7 Å². The predicted octanol–water partition coefficient (Wildman–Crippen LogP) is 3.57. The van der Waals surface area contributed by atoms with E-state index in [4.69, 9.17) is 0 Å². The number of halogens is 1. The lowest BCUT2D eigenvalue weighted by Crippen LogP contribution is -2.42. The number of piperidine rings is 1. The number of benzene rings is 1. The van der Waals surface area contributed by atoms with Gasteiger partial charge in [-0.1, -0.05) is 26.0 Å². The Morgan fingerprint density at radius 2 is 2.00 bits per heavy atom. The van der Waals surface area contributed by atoms with Gasteiger partial charge in [-0.25, -0.2) is 0 Å². The lowest BCUT2D eigenvalue weighted by Gasteiger charge is -2.35. The van der Waals surface area contributed by atoms with E-state index >= 15 is 0 Å². The Labute approximate surface area is 111 Å². The van der Waals surface area contributed by atoms with Crippen molar-refractivity contribution in [2.45, 2.75) is 20.3 Å². The summed E-state index contributed by atoms with van der Waals surface area (Å²) in [7, 11) is 0. The first-order valence-electron chi connectivity index (χ1n) is 6.13. The zero-order valence-corrected chi connectivity index (χ0v) is 11.9. The highest BCUT2D eigenvalue weighted by atomic mass is 79.9. The van der Waals surface area contributed by atoms with E-state index in [0.29, 0.717) is 5.92 Å². The molecule has 1 aliphatic rings. The summed E-state index contributed by atoms with van der Waals surface area (Å²) in [5, 5.41) is 0. The molecular weight excluding hydrogens is 278 g/mol. The highest BCUT2D eigenvalue weighted by Crippen LogP contribution is 2.25. The van der Waals surface area contributed by atoms with E-state index in [1.54, 1.807) is 0 Å². The van der Waals surface area contributed by atoms with E-state index in [-0.39, 0.29) is 5.91 Å². The fourth-order valence-electron chi connectivity index (χ4n) is 2.25. The van der Waals surface area contributed by atoms with Crippen LogP contribution in [-0.2, 0) is 0 Å². The third-order valence-electron chi connectivity index (χ3n) is 3.73. The minimum atomic E-state index is 0.149. The van der Waals surface area contributed by atoms with Crippen molar-refractivity contribution in [3.8, 4) is 0 Å². The second-order valence-corrected chi connectivity index (χ2v) is 5.83. The van der Waals surface area contributed by atoms with Gasteiger partial charge in [0.15, 0.2) is 0 Å². The first-order chi connectivity index (χ1) is 8.09. The SMILES string of the molecule is CC1CCN(C(=O)c2ccccc2Br)CC1C. The Kier molecular flexibility index (Phi) is 3.87. The zero-order valence-electron chi connectivity index (χ0n) is 10.3. The fraction of sp³-hybridized carbons (Fsp3) is 0.500. The standard InChI is InChI=1S/C14H18BrNO/c1-10-7-8-16(9-11(10)2)14(17)12-5-3-4-6-13(12)15/h3-6,10-11H,7-9H2,1-2H3. The lowest BCUT2D eigenvalue weighted by atomic mass is 9.88. The molecule has 1 fully saturated rings. The molecule has 2 nitrogen and oxygen atoms in total. The van der Waals surface area contributed by atoms with Gasteiger partial charge >= 0.3 is 0 Å². The maximum atomic E-state index is 12.4. The van der Waals surface area contributed by atoms with Gasteiger partial charge in [-0.05, 0) is 46.3 Å². The van der Waals surface area contributed by atoms with Gasteiger partial charge in [0, 0.05) is 17.6 Å². The molecule has 0 aliphatic carbocycles. The normalized spacial score (nSPS) is 24.8. The molecule has 1 heterocycles. The molecule has 0 radical (unpaired) electrons. The van der Waals surface area contributed by atoms with Crippen molar-refractivity contribution in [3.05, 3.63) is 34.3 Å².